The van der Waals surface area contributed by atoms with Gasteiger partial charge in [0.05, 0.1) is 0 Å². The van der Waals surface area contributed by atoms with E-state index in [0.29, 0.717) is 12.4 Å². The SMILES string of the molecule is CC#CCCCO[C](=[Cr])c1c(C)cc(O)cc1C. The van der Waals surface area contributed by atoms with Gasteiger partial charge in [0.25, 0.3) is 0 Å². The van der Waals surface area contributed by atoms with Crippen LogP contribution in [0.4, 0.5) is 0 Å². The van der Waals surface area contributed by atoms with Crippen molar-refractivity contribution in [2.75, 3.05) is 6.61 Å². The van der Waals surface area contributed by atoms with Gasteiger partial charge in [-0.15, -0.1) is 0 Å². The number of hydrogen-bond donors (Lipinski definition) is 1. The Bertz CT molecular complexity index is 472. The fourth-order valence-corrected chi connectivity index (χ4v) is 2.42. The summed E-state index contributed by atoms with van der Waals surface area (Å²) >= 11 is 2.96. The second kappa shape index (κ2) is 7.39. The van der Waals surface area contributed by atoms with Crippen LogP contribution in [0.2, 0.25) is 0 Å². The first-order valence-electron chi connectivity index (χ1n) is 5.93. The van der Waals surface area contributed by atoms with Crippen LogP contribution in [0.1, 0.15) is 36.5 Å². The molecule has 3 heteroatoms. The summed E-state index contributed by atoms with van der Waals surface area (Å²) in [7, 11) is 0. The summed E-state index contributed by atoms with van der Waals surface area (Å²) in [6, 6.07) is 3.48. The minimum atomic E-state index is 0.291. The third-order valence-corrected chi connectivity index (χ3v) is 3.08. The van der Waals surface area contributed by atoms with E-state index in [1.807, 2.05) is 20.8 Å². The molecule has 0 spiro atoms. The summed E-state index contributed by atoms with van der Waals surface area (Å²) < 4.78 is 6.47. The maximum atomic E-state index is 9.50. The molecule has 0 bridgehead atoms. The first kappa shape index (κ1) is 15.0. The first-order chi connectivity index (χ1) is 8.56. The zero-order valence-electron chi connectivity index (χ0n) is 11.0. The van der Waals surface area contributed by atoms with Crippen molar-refractivity contribution in [2.24, 2.45) is 0 Å². The Morgan fingerprint density at radius 1 is 1.33 bits per heavy atom. The van der Waals surface area contributed by atoms with E-state index >= 15 is 0 Å². The molecule has 1 aromatic carbocycles. The van der Waals surface area contributed by atoms with Crippen molar-refractivity contribution >= 4 is 4.57 Å². The predicted octanol–water partition coefficient (Wildman–Crippen LogP) is 2.85. The van der Waals surface area contributed by atoms with Crippen LogP contribution in [-0.2, 0) is 20.6 Å². The number of unbranched alkanes of at least 4 members (excludes halogenated alkanes) is 1. The van der Waals surface area contributed by atoms with Crippen LogP contribution in [0.25, 0.3) is 0 Å². The zero-order valence-corrected chi connectivity index (χ0v) is 12.3. The van der Waals surface area contributed by atoms with Crippen molar-refractivity contribution in [3.05, 3.63) is 28.8 Å². The second-order valence-electron chi connectivity index (χ2n) is 4.12. The Morgan fingerprint density at radius 2 is 1.94 bits per heavy atom. The molecule has 0 unspecified atom stereocenters. The van der Waals surface area contributed by atoms with Gasteiger partial charge in [0.15, 0.2) is 0 Å². The summed E-state index contributed by atoms with van der Waals surface area (Å²) in [6.45, 7) is 6.42. The summed E-state index contributed by atoms with van der Waals surface area (Å²) in [6.07, 6.45) is 1.78. The van der Waals surface area contributed by atoms with E-state index in [4.69, 9.17) is 4.74 Å². The summed E-state index contributed by atoms with van der Waals surface area (Å²) in [4.78, 5) is 0. The Labute approximate surface area is 117 Å². The molecule has 0 saturated carbocycles. The summed E-state index contributed by atoms with van der Waals surface area (Å²) in [5.74, 6) is 6.16. The number of rotatable bonds is 5. The van der Waals surface area contributed by atoms with E-state index in [1.54, 1.807) is 12.1 Å². The van der Waals surface area contributed by atoms with E-state index in [2.05, 4.69) is 27.7 Å². The van der Waals surface area contributed by atoms with Gasteiger partial charge in [0.2, 0.25) is 0 Å². The van der Waals surface area contributed by atoms with Crippen molar-refractivity contribution in [2.45, 2.75) is 33.6 Å². The normalized spacial score (nSPS) is 9.72. The van der Waals surface area contributed by atoms with Crippen LogP contribution < -0.4 is 0 Å². The molecular weight excluding hydrogens is 264 g/mol. The van der Waals surface area contributed by atoms with Gasteiger partial charge in [-0.3, -0.25) is 0 Å². The van der Waals surface area contributed by atoms with E-state index < -0.39 is 0 Å². The number of hydrogen-bond acceptors (Lipinski definition) is 2. The molecule has 0 atom stereocenters. The molecule has 0 amide bonds. The van der Waals surface area contributed by atoms with Gasteiger partial charge in [0.1, 0.15) is 0 Å². The van der Waals surface area contributed by atoms with E-state index in [9.17, 15) is 5.11 Å². The topological polar surface area (TPSA) is 29.5 Å². The fourth-order valence-electron chi connectivity index (χ4n) is 1.79. The van der Waals surface area contributed by atoms with E-state index in [1.165, 1.54) is 0 Å². The van der Waals surface area contributed by atoms with E-state index in [0.717, 1.165) is 34.1 Å². The Hall–Kier alpha value is -1.06. The number of phenolic OH excluding ortho intramolecular Hbond substituents is 1. The van der Waals surface area contributed by atoms with Crippen molar-refractivity contribution in [1.82, 2.24) is 0 Å². The molecular formula is C15H18CrO2. The minimum absolute atomic E-state index is 0.291. The average Bonchev–Trinajstić information content (AvgIpc) is 2.27. The van der Waals surface area contributed by atoms with Gasteiger partial charge in [-0.05, 0) is 0 Å². The van der Waals surface area contributed by atoms with Crippen molar-refractivity contribution < 1.29 is 25.7 Å². The molecule has 0 aromatic heterocycles. The summed E-state index contributed by atoms with van der Waals surface area (Å²) in [5.41, 5.74) is 3.05. The molecule has 0 saturated heterocycles. The van der Waals surface area contributed by atoms with Crippen LogP contribution in [-0.4, -0.2) is 16.3 Å². The number of aryl methyl sites for hydroxylation is 2. The molecule has 1 N–H and O–H groups in total. The van der Waals surface area contributed by atoms with Crippen LogP contribution in [0.15, 0.2) is 12.1 Å². The molecule has 2 nitrogen and oxygen atoms in total. The molecule has 1 rings (SSSR count). The third kappa shape index (κ3) is 4.32. The number of benzene rings is 1. The fraction of sp³-hybridized carbons (Fsp3) is 0.400. The van der Waals surface area contributed by atoms with Gasteiger partial charge in [-0.2, -0.15) is 0 Å². The van der Waals surface area contributed by atoms with Gasteiger partial charge < -0.3 is 0 Å². The van der Waals surface area contributed by atoms with Crippen molar-refractivity contribution in [3.8, 4) is 17.6 Å². The van der Waals surface area contributed by atoms with Crippen molar-refractivity contribution in [1.29, 1.82) is 0 Å². The Kier molecular flexibility index (Phi) is 6.16. The molecule has 18 heavy (non-hydrogen) atoms. The molecule has 0 fully saturated rings. The van der Waals surface area contributed by atoms with Crippen molar-refractivity contribution in [3.63, 3.8) is 0 Å². The zero-order chi connectivity index (χ0) is 13.5. The van der Waals surface area contributed by atoms with E-state index in [-0.39, 0.29) is 0 Å². The van der Waals surface area contributed by atoms with Gasteiger partial charge in [0, 0.05) is 0 Å². The Balaban J connectivity index is 2.64. The maximum absolute atomic E-state index is 9.50. The van der Waals surface area contributed by atoms with Crippen LogP contribution in [0.5, 0.6) is 5.75 Å². The average molecular weight is 282 g/mol. The second-order valence-corrected chi connectivity index (χ2v) is 4.70. The standard InChI is InChI=1S/C15H18O2.Cr/c1-4-5-6-7-8-17-11-15-12(2)9-14(16)10-13(15)3;/h9-10,16H,6-8H2,1-3H3;. The predicted molar refractivity (Wildman–Crippen MR) is 70.3 cm³/mol. The number of ether oxygens (including phenoxy) is 1. The number of aromatic hydroxyl groups is 1. The summed E-state index contributed by atoms with van der Waals surface area (Å²) in [5, 5.41) is 9.50. The number of phenols is 1. The molecule has 1 aromatic rings. The molecule has 96 valence electrons. The van der Waals surface area contributed by atoms with Crippen LogP contribution >= 0.6 is 0 Å². The Morgan fingerprint density at radius 3 is 2.50 bits per heavy atom. The molecule has 0 aliphatic rings. The molecule has 0 radical (unpaired) electrons. The van der Waals surface area contributed by atoms with Gasteiger partial charge in [-0.1, -0.05) is 0 Å². The van der Waals surface area contributed by atoms with Crippen LogP contribution in [0.3, 0.4) is 0 Å². The first-order valence-corrected chi connectivity index (χ1v) is 6.57. The molecule has 0 aliphatic carbocycles. The quantitative estimate of drug-likeness (QED) is 0.664. The van der Waals surface area contributed by atoms with Crippen LogP contribution in [0, 0.1) is 25.7 Å². The van der Waals surface area contributed by atoms with Gasteiger partial charge >= 0.3 is 117 Å². The molecule has 0 heterocycles. The monoisotopic (exact) mass is 282 g/mol. The van der Waals surface area contributed by atoms with Gasteiger partial charge in [-0.25, -0.2) is 0 Å². The third-order valence-electron chi connectivity index (χ3n) is 2.58. The molecule has 0 aliphatic heterocycles.